The highest BCUT2D eigenvalue weighted by Gasteiger charge is 2.50. The van der Waals surface area contributed by atoms with E-state index < -0.39 is 6.09 Å². The number of carboxylic acid groups (broad SMARTS) is 1. The van der Waals surface area contributed by atoms with Crippen LogP contribution >= 0.6 is 0 Å². The van der Waals surface area contributed by atoms with Gasteiger partial charge in [-0.05, 0) is 38.2 Å². The van der Waals surface area contributed by atoms with Gasteiger partial charge in [0.1, 0.15) is 5.82 Å². The number of fused-ring (bicyclic) bond motifs is 2. The van der Waals surface area contributed by atoms with Gasteiger partial charge in [0, 0.05) is 48.4 Å². The molecule has 1 saturated heterocycles. The topological polar surface area (TPSA) is 119 Å². The van der Waals surface area contributed by atoms with Gasteiger partial charge < -0.3 is 20.6 Å². The van der Waals surface area contributed by atoms with Gasteiger partial charge in [0.2, 0.25) is 5.95 Å². The van der Waals surface area contributed by atoms with Crippen LogP contribution in [0.1, 0.15) is 56.6 Å². The zero-order chi connectivity index (χ0) is 19.8. The number of nitrogens with zero attached hydrogens (tertiary/aromatic N) is 4. The SMILES string of the molecule is O=C(O)NCC12CCC(C1)N(c1nccc(Nc3cc(C4CCCC4)[nH]n3)n1)C2. The molecule has 0 aromatic carbocycles. The van der Waals surface area contributed by atoms with Crippen molar-refractivity contribution in [1.82, 2.24) is 25.5 Å². The molecule has 1 amide bonds. The lowest BCUT2D eigenvalue weighted by Gasteiger charge is -2.32. The summed E-state index contributed by atoms with van der Waals surface area (Å²) in [6.07, 6.45) is 8.93. The zero-order valence-corrected chi connectivity index (χ0v) is 16.4. The Morgan fingerprint density at radius 1 is 1.31 bits per heavy atom. The van der Waals surface area contributed by atoms with Crippen LogP contribution in [0.25, 0.3) is 0 Å². The summed E-state index contributed by atoms with van der Waals surface area (Å²) in [5, 5.41) is 22.4. The van der Waals surface area contributed by atoms with Crippen LogP contribution < -0.4 is 15.5 Å². The number of aromatic amines is 1. The van der Waals surface area contributed by atoms with E-state index in [0.717, 1.165) is 37.4 Å². The van der Waals surface area contributed by atoms with E-state index >= 15 is 0 Å². The van der Waals surface area contributed by atoms with Gasteiger partial charge >= 0.3 is 6.09 Å². The predicted octanol–water partition coefficient (Wildman–Crippen LogP) is 3.23. The molecule has 3 aliphatic rings. The van der Waals surface area contributed by atoms with Gasteiger partial charge in [0.15, 0.2) is 5.82 Å². The Labute approximate surface area is 169 Å². The van der Waals surface area contributed by atoms with Gasteiger partial charge in [-0.25, -0.2) is 9.78 Å². The van der Waals surface area contributed by atoms with E-state index in [1.807, 2.05) is 6.07 Å². The first-order valence-corrected chi connectivity index (χ1v) is 10.5. The summed E-state index contributed by atoms with van der Waals surface area (Å²) < 4.78 is 0. The number of piperidine rings is 1. The third-order valence-corrected chi connectivity index (χ3v) is 6.79. The number of H-pyrrole nitrogens is 1. The quantitative estimate of drug-likeness (QED) is 0.591. The van der Waals surface area contributed by atoms with Gasteiger partial charge in [0.25, 0.3) is 0 Å². The van der Waals surface area contributed by atoms with Gasteiger partial charge in [-0.1, -0.05) is 12.8 Å². The number of amides is 1. The summed E-state index contributed by atoms with van der Waals surface area (Å²) in [6, 6.07) is 4.31. The van der Waals surface area contributed by atoms with Gasteiger partial charge in [-0.2, -0.15) is 10.1 Å². The highest BCUT2D eigenvalue weighted by atomic mass is 16.4. The first-order valence-electron chi connectivity index (χ1n) is 10.5. The van der Waals surface area contributed by atoms with E-state index in [4.69, 9.17) is 10.1 Å². The molecular weight excluding hydrogens is 370 g/mol. The fraction of sp³-hybridized carbons (Fsp3) is 0.600. The molecule has 2 aromatic rings. The van der Waals surface area contributed by atoms with E-state index in [9.17, 15) is 4.79 Å². The Morgan fingerprint density at radius 2 is 2.17 bits per heavy atom. The minimum absolute atomic E-state index is 0.00573. The second-order valence-electron chi connectivity index (χ2n) is 8.74. The normalized spacial score (nSPS) is 26.2. The molecule has 5 rings (SSSR count). The molecule has 3 heterocycles. The Bertz CT molecular complexity index is 894. The molecule has 0 radical (unpaired) electrons. The van der Waals surface area contributed by atoms with Crippen molar-refractivity contribution < 1.29 is 9.90 Å². The van der Waals surface area contributed by atoms with Crippen LogP contribution in [0.15, 0.2) is 18.3 Å². The molecule has 9 nitrogen and oxygen atoms in total. The molecule has 2 saturated carbocycles. The second-order valence-corrected chi connectivity index (χ2v) is 8.74. The monoisotopic (exact) mass is 397 g/mol. The van der Waals surface area contributed by atoms with Crippen molar-refractivity contribution in [3.63, 3.8) is 0 Å². The minimum atomic E-state index is -0.959. The third-order valence-electron chi connectivity index (χ3n) is 6.79. The van der Waals surface area contributed by atoms with Gasteiger partial charge in [-0.15, -0.1) is 0 Å². The van der Waals surface area contributed by atoms with Crippen LogP contribution in [-0.4, -0.2) is 50.5 Å². The molecule has 2 atom stereocenters. The zero-order valence-electron chi connectivity index (χ0n) is 16.4. The number of carbonyl (C=O) groups is 1. The summed E-state index contributed by atoms with van der Waals surface area (Å²) >= 11 is 0. The molecule has 2 bridgehead atoms. The Hall–Kier alpha value is -2.84. The predicted molar refractivity (Wildman–Crippen MR) is 109 cm³/mol. The third kappa shape index (κ3) is 3.61. The Kier molecular flexibility index (Phi) is 4.52. The van der Waals surface area contributed by atoms with E-state index in [1.54, 1.807) is 6.20 Å². The van der Waals surface area contributed by atoms with Crippen molar-refractivity contribution in [2.75, 3.05) is 23.3 Å². The molecule has 9 heteroatoms. The average molecular weight is 397 g/mol. The lowest BCUT2D eigenvalue weighted by molar-refractivity contribution is 0.186. The lowest BCUT2D eigenvalue weighted by Crippen LogP contribution is -2.42. The molecule has 29 heavy (non-hydrogen) atoms. The van der Waals surface area contributed by atoms with Crippen molar-refractivity contribution in [2.45, 2.75) is 56.9 Å². The van der Waals surface area contributed by atoms with Crippen molar-refractivity contribution in [2.24, 2.45) is 5.41 Å². The highest BCUT2D eigenvalue weighted by molar-refractivity contribution is 5.64. The van der Waals surface area contributed by atoms with Gasteiger partial charge in [0.05, 0.1) is 0 Å². The smallest absolute Gasteiger partial charge is 0.404 e. The molecule has 2 unspecified atom stereocenters. The molecule has 3 fully saturated rings. The number of aromatic nitrogens is 4. The second kappa shape index (κ2) is 7.20. The first-order chi connectivity index (χ1) is 14.1. The number of anilines is 3. The maximum absolute atomic E-state index is 10.9. The average Bonchev–Trinajstić information content (AvgIpc) is 3.50. The fourth-order valence-corrected chi connectivity index (χ4v) is 5.32. The highest BCUT2D eigenvalue weighted by Crippen LogP contribution is 2.48. The number of rotatable bonds is 6. The fourth-order valence-electron chi connectivity index (χ4n) is 5.32. The summed E-state index contributed by atoms with van der Waals surface area (Å²) in [5.74, 6) is 2.79. The lowest BCUT2D eigenvalue weighted by atomic mass is 9.87. The largest absolute Gasteiger partial charge is 0.465 e. The first kappa shape index (κ1) is 18.2. The standard InChI is InChI=1S/C20H27N7O2/c28-19(29)22-11-20-7-5-14(10-20)27(12-20)18-21-8-6-16(24-18)23-17-9-15(25-26-17)13-3-1-2-4-13/h6,8-9,13-14,22H,1-5,7,10-12H2,(H,28,29)(H2,21,23,24,25,26). The van der Waals surface area contributed by atoms with Crippen molar-refractivity contribution in [3.8, 4) is 0 Å². The van der Waals surface area contributed by atoms with Crippen LogP contribution in [0.4, 0.5) is 22.4 Å². The van der Waals surface area contributed by atoms with E-state index in [2.05, 4.69) is 36.8 Å². The maximum Gasteiger partial charge on any atom is 0.404 e. The van der Waals surface area contributed by atoms with Crippen LogP contribution in [0.5, 0.6) is 0 Å². The molecule has 0 spiro atoms. The molecular formula is C20H27N7O2. The summed E-state index contributed by atoms with van der Waals surface area (Å²) in [6.45, 7) is 1.28. The van der Waals surface area contributed by atoms with Crippen LogP contribution in [0.3, 0.4) is 0 Å². The summed E-state index contributed by atoms with van der Waals surface area (Å²) in [5.41, 5.74) is 1.19. The number of nitrogens with one attached hydrogen (secondary N) is 3. The Morgan fingerprint density at radius 3 is 3.00 bits per heavy atom. The molecule has 2 aromatic heterocycles. The molecule has 4 N–H and O–H groups in total. The van der Waals surface area contributed by atoms with Gasteiger partial charge in [-0.3, -0.25) is 5.10 Å². The van der Waals surface area contributed by atoms with E-state index in [1.165, 1.54) is 31.4 Å². The van der Waals surface area contributed by atoms with Crippen LogP contribution in [-0.2, 0) is 0 Å². The number of hydrogen-bond acceptors (Lipinski definition) is 6. The van der Waals surface area contributed by atoms with Crippen molar-refractivity contribution >= 4 is 23.7 Å². The summed E-state index contributed by atoms with van der Waals surface area (Å²) in [7, 11) is 0. The number of hydrogen-bond donors (Lipinski definition) is 4. The van der Waals surface area contributed by atoms with E-state index in [0.29, 0.717) is 24.5 Å². The maximum atomic E-state index is 10.9. The molecule has 1 aliphatic heterocycles. The van der Waals surface area contributed by atoms with Crippen molar-refractivity contribution in [3.05, 3.63) is 24.0 Å². The van der Waals surface area contributed by atoms with E-state index in [-0.39, 0.29) is 5.41 Å². The summed E-state index contributed by atoms with van der Waals surface area (Å²) in [4.78, 5) is 22.3. The van der Waals surface area contributed by atoms with Crippen molar-refractivity contribution in [1.29, 1.82) is 0 Å². The van der Waals surface area contributed by atoms with Crippen LogP contribution in [0, 0.1) is 5.41 Å². The molecule has 2 aliphatic carbocycles. The molecule has 154 valence electrons. The minimum Gasteiger partial charge on any atom is -0.465 e. The Balaban J connectivity index is 1.27. The van der Waals surface area contributed by atoms with Crippen LogP contribution in [0.2, 0.25) is 0 Å².